The number of benzene rings is 3. The highest BCUT2D eigenvalue weighted by molar-refractivity contribution is 7.99. The molecule has 0 spiro atoms. The molecule has 0 saturated carbocycles. The number of thioether (sulfide) groups is 1. The second-order valence-electron chi connectivity index (χ2n) is 12.0. The van der Waals surface area contributed by atoms with Gasteiger partial charge in [0, 0.05) is 17.6 Å². The molecule has 3 aromatic carbocycles. The molecule has 2 unspecified atom stereocenters. The molecule has 0 aliphatic rings. The predicted molar refractivity (Wildman–Crippen MR) is 188 cm³/mol. The van der Waals surface area contributed by atoms with E-state index < -0.39 is 5.60 Å². The van der Waals surface area contributed by atoms with Gasteiger partial charge in [-0.1, -0.05) is 182 Å². The van der Waals surface area contributed by atoms with Gasteiger partial charge in [0.25, 0.3) is 0 Å². The van der Waals surface area contributed by atoms with Crippen LogP contribution in [0.15, 0.2) is 91.0 Å². The van der Waals surface area contributed by atoms with E-state index in [1.54, 1.807) is 0 Å². The molecule has 2 atom stereocenters. The van der Waals surface area contributed by atoms with Crippen molar-refractivity contribution < 1.29 is 9.47 Å². The Morgan fingerprint density at radius 2 is 1.00 bits per heavy atom. The van der Waals surface area contributed by atoms with Gasteiger partial charge in [-0.2, -0.15) is 11.8 Å². The number of hydrogen-bond acceptors (Lipinski definition) is 3. The summed E-state index contributed by atoms with van der Waals surface area (Å²) >= 11 is 2.04. The van der Waals surface area contributed by atoms with E-state index in [-0.39, 0.29) is 6.10 Å². The summed E-state index contributed by atoms with van der Waals surface area (Å²) in [6.07, 6.45) is 18.2. The summed E-state index contributed by atoms with van der Waals surface area (Å²) < 4.78 is 13.3. The molecule has 3 heteroatoms. The van der Waals surface area contributed by atoms with Crippen molar-refractivity contribution in [3.63, 3.8) is 0 Å². The van der Waals surface area contributed by atoms with Gasteiger partial charge in [-0.3, -0.25) is 0 Å². The van der Waals surface area contributed by atoms with Gasteiger partial charge in [-0.15, -0.1) is 0 Å². The van der Waals surface area contributed by atoms with Crippen LogP contribution in [0.4, 0.5) is 0 Å². The van der Waals surface area contributed by atoms with Crippen LogP contribution in [0.3, 0.4) is 0 Å². The first kappa shape index (κ1) is 35.4. The van der Waals surface area contributed by atoms with Gasteiger partial charge >= 0.3 is 0 Å². The number of rotatable bonds is 24. The summed E-state index contributed by atoms with van der Waals surface area (Å²) in [5, 5.41) is 0.633. The van der Waals surface area contributed by atoms with E-state index in [0.29, 0.717) is 18.5 Å². The SMILES string of the molecule is CCCCCCCCCCCCCCC(C)SCC(COC(c1ccccc1)(c1ccccc1)c1ccccc1)OCC. The van der Waals surface area contributed by atoms with Crippen LogP contribution in [0, 0.1) is 0 Å². The fraction of sp³-hybridized carbons (Fsp3) is 0.550. The number of ether oxygens (including phenoxy) is 2. The second kappa shape index (κ2) is 21.6. The molecule has 0 fully saturated rings. The van der Waals surface area contributed by atoms with Crippen molar-refractivity contribution in [1.29, 1.82) is 0 Å². The van der Waals surface area contributed by atoms with Crippen LogP contribution in [0.2, 0.25) is 0 Å². The molecular weight excluding hydrogens is 545 g/mol. The zero-order valence-corrected chi connectivity index (χ0v) is 28.2. The highest BCUT2D eigenvalue weighted by Gasteiger charge is 2.38. The van der Waals surface area contributed by atoms with Gasteiger partial charge in [0.05, 0.1) is 12.7 Å². The molecule has 0 aliphatic carbocycles. The van der Waals surface area contributed by atoms with E-state index in [4.69, 9.17) is 9.47 Å². The number of unbranched alkanes of at least 4 members (excludes halogenated alkanes) is 11. The van der Waals surface area contributed by atoms with Crippen molar-refractivity contribution in [2.24, 2.45) is 0 Å². The van der Waals surface area contributed by atoms with E-state index in [0.717, 1.165) is 22.4 Å². The maximum atomic E-state index is 7.07. The van der Waals surface area contributed by atoms with Crippen molar-refractivity contribution in [3.8, 4) is 0 Å². The van der Waals surface area contributed by atoms with Crippen LogP contribution < -0.4 is 0 Å². The van der Waals surface area contributed by atoms with Gasteiger partial charge < -0.3 is 9.47 Å². The van der Waals surface area contributed by atoms with E-state index in [2.05, 4.69) is 112 Å². The third-order valence-corrected chi connectivity index (χ3v) is 9.83. The van der Waals surface area contributed by atoms with Crippen molar-refractivity contribution >= 4 is 11.8 Å². The van der Waals surface area contributed by atoms with Crippen LogP contribution >= 0.6 is 11.8 Å². The molecule has 43 heavy (non-hydrogen) atoms. The lowest BCUT2D eigenvalue weighted by atomic mass is 9.80. The normalized spacial score (nSPS) is 13.2. The fourth-order valence-electron chi connectivity index (χ4n) is 5.99. The third-order valence-electron chi connectivity index (χ3n) is 8.46. The molecular formula is C40H58O2S. The minimum absolute atomic E-state index is 0.0370. The standard InChI is InChI=1S/C40H58O2S/c1-4-6-7-8-9-10-11-12-13-14-15-19-26-35(3)43-34-39(41-5-2)33-42-40(36-27-20-16-21-28-36,37-29-22-17-23-30-37)38-31-24-18-25-32-38/h16-18,20-25,27-32,35,39H,4-15,19,26,33-34H2,1-3H3. The molecule has 0 radical (unpaired) electrons. The zero-order chi connectivity index (χ0) is 30.4. The molecule has 0 bridgehead atoms. The first-order chi connectivity index (χ1) is 21.2. The largest absolute Gasteiger partial charge is 0.375 e. The monoisotopic (exact) mass is 602 g/mol. The maximum Gasteiger partial charge on any atom is 0.143 e. The van der Waals surface area contributed by atoms with Crippen LogP contribution in [-0.2, 0) is 15.1 Å². The Kier molecular flexibility index (Phi) is 17.8. The summed E-state index contributed by atoms with van der Waals surface area (Å²) in [5.41, 5.74) is 2.70. The predicted octanol–water partition coefficient (Wildman–Crippen LogP) is 11.6. The maximum absolute atomic E-state index is 7.07. The Bertz CT molecular complexity index is 959. The van der Waals surface area contributed by atoms with Gasteiger partial charge in [0.2, 0.25) is 0 Å². The van der Waals surface area contributed by atoms with Crippen molar-refractivity contribution in [2.75, 3.05) is 19.0 Å². The van der Waals surface area contributed by atoms with Gasteiger partial charge in [-0.05, 0) is 30.0 Å². The molecule has 3 rings (SSSR count). The first-order valence-corrected chi connectivity index (χ1v) is 18.3. The molecule has 2 nitrogen and oxygen atoms in total. The van der Waals surface area contributed by atoms with Gasteiger partial charge in [0.15, 0.2) is 0 Å². The van der Waals surface area contributed by atoms with Crippen LogP contribution in [0.1, 0.15) is 121 Å². The number of hydrogen-bond donors (Lipinski definition) is 0. The summed E-state index contributed by atoms with van der Waals surface area (Å²) in [5.74, 6) is 0.946. The van der Waals surface area contributed by atoms with Crippen molar-refractivity contribution in [3.05, 3.63) is 108 Å². The Balaban J connectivity index is 1.50. The van der Waals surface area contributed by atoms with Gasteiger partial charge in [-0.25, -0.2) is 0 Å². The third kappa shape index (κ3) is 12.4. The molecule has 0 aromatic heterocycles. The van der Waals surface area contributed by atoms with Crippen molar-refractivity contribution in [2.45, 2.75) is 121 Å². The average molecular weight is 603 g/mol. The van der Waals surface area contributed by atoms with E-state index >= 15 is 0 Å². The topological polar surface area (TPSA) is 18.5 Å². The Hall–Kier alpha value is -2.07. The quantitative estimate of drug-likeness (QED) is 0.0750. The zero-order valence-electron chi connectivity index (χ0n) is 27.4. The Morgan fingerprint density at radius 1 is 0.581 bits per heavy atom. The van der Waals surface area contributed by atoms with Crippen molar-refractivity contribution in [1.82, 2.24) is 0 Å². The second-order valence-corrected chi connectivity index (χ2v) is 13.5. The van der Waals surface area contributed by atoms with E-state index in [1.807, 2.05) is 11.8 Å². The molecule has 3 aromatic rings. The molecule has 0 saturated heterocycles. The summed E-state index contributed by atoms with van der Waals surface area (Å²) in [4.78, 5) is 0. The summed E-state index contributed by atoms with van der Waals surface area (Å²) in [6.45, 7) is 7.99. The minimum Gasteiger partial charge on any atom is -0.375 e. The first-order valence-electron chi connectivity index (χ1n) is 17.2. The molecule has 0 aliphatic heterocycles. The average Bonchev–Trinajstić information content (AvgIpc) is 3.06. The van der Waals surface area contributed by atoms with E-state index in [1.165, 1.54) is 83.5 Å². The Labute approximate surface area is 268 Å². The van der Waals surface area contributed by atoms with Crippen LogP contribution in [-0.4, -0.2) is 30.3 Å². The molecule has 0 heterocycles. The molecule has 0 N–H and O–H groups in total. The highest BCUT2D eigenvalue weighted by atomic mass is 32.2. The lowest BCUT2D eigenvalue weighted by molar-refractivity contribution is -0.0539. The molecule has 0 amide bonds. The van der Waals surface area contributed by atoms with Crippen LogP contribution in [0.25, 0.3) is 0 Å². The lowest BCUT2D eigenvalue weighted by Gasteiger charge is -2.37. The van der Waals surface area contributed by atoms with E-state index in [9.17, 15) is 0 Å². The molecule has 236 valence electrons. The summed E-state index contributed by atoms with van der Waals surface area (Å²) in [6, 6.07) is 31.9. The fourth-order valence-corrected chi connectivity index (χ4v) is 7.06. The summed E-state index contributed by atoms with van der Waals surface area (Å²) in [7, 11) is 0. The smallest absolute Gasteiger partial charge is 0.143 e. The Morgan fingerprint density at radius 3 is 1.42 bits per heavy atom. The minimum atomic E-state index is -0.704. The van der Waals surface area contributed by atoms with Gasteiger partial charge in [0.1, 0.15) is 5.60 Å². The van der Waals surface area contributed by atoms with Crippen LogP contribution in [0.5, 0.6) is 0 Å². The highest BCUT2D eigenvalue weighted by Crippen LogP contribution is 2.40. The lowest BCUT2D eigenvalue weighted by Crippen LogP contribution is -2.37.